The summed E-state index contributed by atoms with van der Waals surface area (Å²) in [5.74, 6) is -2.35. The smallest absolute Gasteiger partial charge is 0.328 e. The summed E-state index contributed by atoms with van der Waals surface area (Å²) in [5, 5.41) is 15.6. The van der Waals surface area contributed by atoms with E-state index in [0.717, 1.165) is 36.1 Å². The molecule has 1 aliphatic rings. The first-order valence-corrected chi connectivity index (χ1v) is 9.54. The maximum atomic E-state index is 13.8. The van der Waals surface area contributed by atoms with E-state index in [1.807, 2.05) is 12.1 Å². The van der Waals surface area contributed by atoms with Gasteiger partial charge in [-0.1, -0.05) is 36.9 Å². The molecule has 3 rings (SSSR count). The highest BCUT2D eigenvalue weighted by Gasteiger charge is 2.24. The summed E-state index contributed by atoms with van der Waals surface area (Å²) in [7, 11) is 4.16. The van der Waals surface area contributed by atoms with E-state index in [0.29, 0.717) is 18.1 Å². The van der Waals surface area contributed by atoms with Gasteiger partial charge >= 0.3 is 11.9 Å². The van der Waals surface area contributed by atoms with Crippen molar-refractivity contribution in [2.75, 3.05) is 20.6 Å². The normalized spacial score (nSPS) is 15.1. The van der Waals surface area contributed by atoms with Gasteiger partial charge in [-0.2, -0.15) is 0 Å². The summed E-state index contributed by atoms with van der Waals surface area (Å²) in [6, 6.07) is 13.6. The van der Waals surface area contributed by atoms with Gasteiger partial charge in [-0.15, -0.1) is 0 Å². The molecule has 6 heteroatoms. The van der Waals surface area contributed by atoms with Crippen molar-refractivity contribution in [3.8, 4) is 0 Å². The van der Waals surface area contributed by atoms with Crippen molar-refractivity contribution >= 4 is 17.5 Å². The van der Waals surface area contributed by atoms with Crippen molar-refractivity contribution in [1.29, 1.82) is 0 Å². The zero-order chi connectivity index (χ0) is 22.3. The molecule has 0 radical (unpaired) electrons. The van der Waals surface area contributed by atoms with Crippen molar-refractivity contribution < 1.29 is 24.2 Å². The van der Waals surface area contributed by atoms with Crippen LogP contribution in [0.1, 0.15) is 34.6 Å². The second-order valence-corrected chi connectivity index (χ2v) is 7.37. The van der Waals surface area contributed by atoms with E-state index in [4.69, 9.17) is 10.2 Å². The second-order valence-electron chi connectivity index (χ2n) is 7.37. The molecule has 0 spiro atoms. The first-order chi connectivity index (χ1) is 14.2. The van der Waals surface area contributed by atoms with E-state index in [9.17, 15) is 14.0 Å². The molecule has 0 heterocycles. The number of rotatable bonds is 5. The maximum Gasteiger partial charge on any atom is 0.328 e. The minimum absolute atomic E-state index is 0.160. The summed E-state index contributed by atoms with van der Waals surface area (Å²) in [6.45, 7) is 5.28. The standard InChI is InChI=1S/C20H22FN.C4H4O4/c1-14-18-7-5-4-6-15(18)12-16(10-11-22(2)3)20-13-17(21)8-9-19(14)20;5-3(6)1-2-4(7)8/h4-9,13,16H,1,10-12H2,2-3H3;1-2H,(H,5,6)(H,7,8). The highest BCUT2D eigenvalue weighted by atomic mass is 19.1. The van der Waals surface area contributed by atoms with Crippen LogP contribution in [-0.2, 0) is 16.0 Å². The number of carboxylic acid groups (broad SMARTS) is 2. The minimum Gasteiger partial charge on any atom is -0.478 e. The van der Waals surface area contributed by atoms with Crippen LogP contribution < -0.4 is 0 Å². The summed E-state index contributed by atoms with van der Waals surface area (Å²) < 4.78 is 13.8. The lowest BCUT2D eigenvalue weighted by Crippen LogP contribution is -2.17. The molecule has 0 fully saturated rings. The second kappa shape index (κ2) is 10.5. The Kier molecular flexibility index (Phi) is 8.07. The Bertz CT molecular complexity index is 949. The Labute approximate surface area is 175 Å². The summed E-state index contributed by atoms with van der Waals surface area (Å²) >= 11 is 0. The van der Waals surface area contributed by atoms with E-state index in [2.05, 4.69) is 43.8 Å². The molecule has 1 aliphatic carbocycles. The average Bonchev–Trinajstić information content (AvgIpc) is 2.80. The predicted octanol–water partition coefficient (Wildman–Crippen LogP) is 4.19. The summed E-state index contributed by atoms with van der Waals surface area (Å²) in [4.78, 5) is 21.3. The third-order valence-corrected chi connectivity index (χ3v) is 4.88. The molecule has 1 atom stereocenters. The Morgan fingerprint density at radius 3 is 2.33 bits per heavy atom. The van der Waals surface area contributed by atoms with Gasteiger partial charge in [0, 0.05) is 12.2 Å². The maximum absolute atomic E-state index is 13.8. The van der Waals surface area contributed by atoms with Crippen LogP contribution in [0, 0.1) is 5.82 Å². The lowest BCUT2D eigenvalue weighted by atomic mass is 9.88. The van der Waals surface area contributed by atoms with Crippen LogP contribution in [0.2, 0.25) is 0 Å². The Morgan fingerprint density at radius 2 is 1.73 bits per heavy atom. The van der Waals surface area contributed by atoms with E-state index < -0.39 is 11.9 Å². The number of hydrogen-bond acceptors (Lipinski definition) is 3. The van der Waals surface area contributed by atoms with E-state index >= 15 is 0 Å². The number of halogens is 1. The number of nitrogens with zero attached hydrogens (tertiary/aromatic N) is 1. The molecule has 0 bridgehead atoms. The number of benzene rings is 2. The van der Waals surface area contributed by atoms with Crippen molar-refractivity contribution in [2.45, 2.75) is 18.8 Å². The third-order valence-electron chi connectivity index (χ3n) is 4.88. The van der Waals surface area contributed by atoms with Gasteiger partial charge in [-0.3, -0.25) is 0 Å². The van der Waals surface area contributed by atoms with Crippen LogP contribution in [0.5, 0.6) is 0 Å². The molecule has 1 unspecified atom stereocenters. The molecule has 158 valence electrons. The average molecular weight is 411 g/mol. The molecule has 0 saturated heterocycles. The van der Waals surface area contributed by atoms with Crippen LogP contribution in [0.4, 0.5) is 4.39 Å². The molecule has 0 saturated carbocycles. The molecule has 30 heavy (non-hydrogen) atoms. The Hall–Kier alpha value is -3.25. The summed E-state index contributed by atoms with van der Waals surface area (Å²) in [5.41, 5.74) is 5.71. The molecule has 2 aromatic carbocycles. The highest BCUT2D eigenvalue weighted by molar-refractivity contribution is 5.89. The number of fused-ring (bicyclic) bond motifs is 2. The van der Waals surface area contributed by atoms with Gasteiger partial charge in [-0.05, 0) is 79.4 Å². The molecule has 0 amide bonds. The first-order valence-electron chi connectivity index (χ1n) is 9.54. The third kappa shape index (κ3) is 6.39. The van der Waals surface area contributed by atoms with Gasteiger partial charge in [-0.25, -0.2) is 14.0 Å². The molecular weight excluding hydrogens is 385 g/mol. The van der Waals surface area contributed by atoms with Gasteiger partial charge in [0.1, 0.15) is 5.82 Å². The van der Waals surface area contributed by atoms with Gasteiger partial charge in [0.2, 0.25) is 0 Å². The fraction of sp³-hybridized carbons (Fsp3) is 0.250. The van der Waals surface area contributed by atoms with Crippen molar-refractivity contribution in [1.82, 2.24) is 4.90 Å². The van der Waals surface area contributed by atoms with Gasteiger partial charge in [0.25, 0.3) is 0 Å². The molecular formula is C24H26FNO4. The van der Waals surface area contributed by atoms with Crippen molar-refractivity contribution in [2.24, 2.45) is 0 Å². The SMILES string of the molecule is C=C1c2ccccc2CC(CCN(C)C)c2cc(F)ccc21.O=C(O)C=CC(=O)O. The Morgan fingerprint density at radius 1 is 1.10 bits per heavy atom. The summed E-state index contributed by atoms with van der Waals surface area (Å²) in [6.07, 6.45) is 3.08. The lowest BCUT2D eigenvalue weighted by molar-refractivity contribution is -0.134. The van der Waals surface area contributed by atoms with Gasteiger partial charge in [0.05, 0.1) is 0 Å². The van der Waals surface area contributed by atoms with Crippen LogP contribution >= 0.6 is 0 Å². The first kappa shape index (κ1) is 23.0. The molecule has 2 N–H and O–H groups in total. The largest absolute Gasteiger partial charge is 0.478 e. The van der Waals surface area contributed by atoms with Crippen molar-refractivity contribution in [3.63, 3.8) is 0 Å². The fourth-order valence-electron chi connectivity index (χ4n) is 3.47. The molecule has 0 aliphatic heterocycles. The number of carboxylic acids is 2. The number of carbonyl (C=O) groups is 2. The van der Waals surface area contributed by atoms with Gasteiger partial charge in [0.15, 0.2) is 0 Å². The van der Waals surface area contributed by atoms with E-state index in [1.54, 1.807) is 12.1 Å². The molecule has 0 aromatic heterocycles. The van der Waals surface area contributed by atoms with E-state index in [-0.39, 0.29) is 5.82 Å². The minimum atomic E-state index is -1.26. The molecule has 2 aromatic rings. The highest BCUT2D eigenvalue weighted by Crippen LogP contribution is 2.39. The lowest BCUT2D eigenvalue weighted by Gasteiger charge is -2.20. The van der Waals surface area contributed by atoms with Crippen LogP contribution in [-0.4, -0.2) is 47.7 Å². The van der Waals surface area contributed by atoms with Crippen LogP contribution in [0.15, 0.2) is 61.2 Å². The molecule has 5 nitrogen and oxygen atoms in total. The zero-order valence-corrected chi connectivity index (χ0v) is 17.1. The number of aliphatic carboxylic acids is 2. The fourth-order valence-corrected chi connectivity index (χ4v) is 3.47. The monoisotopic (exact) mass is 411 g/mol. The van der Waals surface area contributed by atoms with Crippen LogP contribution in [0.3, 0.4) is 0 Å². The Balaban J connectivity index is 0.000000343. The van der Waals surface area contributed by atoms with Crippen LogP contribution in [0.25, 0.3) is 5.57 Å². The topological polar surface area (TPSA) is 77.8 Å². The zero-order valence-electron chi connectivity index (χ0n) is 17.1. The number of hydrogen-bond donors (Lipinski definition) is 2. The van der Waals surface area contributed by atoms with E-state index in [1.165, 1.54) is 11.1 Å². The van der Waals surface area contributed by atoms with Crippen molar-refractivity contribution in [3.05, 3.63) is 89.3 Å². The quantitative estimate of drug-likeness (QED) is 0.722. The predicted molar refractivity (Wildman–Crippen MR) is 115 cm³/mol. The van der Waals surface area contributed by atoms with Gasteiger partial charge < -0.3 is 15.1 Å².